The summed E-state index contributed by atoms with van der Waals surface area (Å²) in [6.07, 6.45) is 0.852. The Kier molecular flexibility index (Phi) is 5.78. The molecule has 0 radical (unpaired) electrons. The van der Waals surface area contributed by atoms with E-state index in [0.29, 0.717) is 5.82 Å². The van der Waals surface area contributed by atoms with Gasteiger partial charge in [0.15, 0.2) is 5.82 Å². The van der Waals surface area contributed by atoms with Gasteiger partial charge in [-0.3, -0.25) is 0 Å². The predicted octanol–water partition coefficient (Wildman–Crippen LogP) is 4.01. The highest BCUT2D eigenvalue weighted by Crippen LogP contribution is 2.44. The molecule has 0 saturated heterocycles. The molecule has 0 bridgehead atoms. The topological polar surface area (TPSA) is 117 Å². The lowest BCUT2D eigenvalue weighted by Gasteiger charge is -2.17. The minimum Gasteiger partial charge on any atom is -0.480 e. The van der Waals surface area contributed by atoms with Crippen molar-refractivity contribution in [2.45, 2.75) is 18.4 Å². The maximum Gasteiger partial charge on any atom is 0.407 e. The Hall–Kier alpha value is -4.46. The molecule has 1 aromatic heterocycles. The van der Waals surface area contributed by atoms with Crippen molar-refractivity contribution in [2.24, 2.45) is 0 Å². The number of hydrogen-bond acceptors (Lipinski definition) is 5. The largest absolute Gasteiger partial charge is 0.480 e. The number of alkyl carbamates (subject to hydrolysis) is 1. The number of hydrogen-bond donors (Lipinski definition) is 3. The maximum absolute atomic E-state index is 12.5. The second kappa shape index (κ2) is 9.19. The van der Waals surface area contributed by atoms with E-state index < -0.39 is 18.1 Å². The first-order chi connectivity index (χ1) is 16.6. The third-order valence-corrected chi connectivity index (χ3v) is 6.02. The minimum atomic E-state index is -1.13. The summed E-state index contributed by atoms with van der Waals surface area (Å²) >= 11 is 0. The molecular formula is C26H22N4O4. The van der Waals surface area contributed by atoms with Gasteiger partial charge in [-0.15, -0.1) is 10.2 Å². The number of carboxylic acids is 1. The number of fused-ring (bicyclic) bond motifs is 3. The van der Waals surface area contributed by atoms with Crippen LogP contribution in [0.15, 0.2) is 79.1 Å². The minimum absolute atomic E-state index is 0.0925. The van der Waals surface area contributed by atoms with Gasteiger partial charge in [0.1, 0.15) is 19.0 Å². The zero-order valence-electron chi connectivity index (χ0n) is 18.1. The van der Waals surface area contributed by atoms with Crippen LogP contribution in [0.3, 0.4) is 0 Å². The molecule has 8 heteroatoms. The molecule has 0 saturated carbocycles. The summed E-state index contributed by atoms with van der Waals surface area (Å²) in [5.41, 5.74) is 6.04. The van der Waals surface area contributed by atoms with Gasteiger partial charge >= 0.3 is 12.1 Å². The van der Waals surface area contributed by atoms with Crippen molar-refractivity contribution in [3.05, 3.63) is 95.8 Å². The number of nitrogens with zero attached hydrogens (tertiary/aromatic N) is 2. The average Bonchev–Trinajstić information content (AvgIpc) is 3.50. The molecule has 1 heterocycles. The molecule has 0 fully saturated rings. The summed E-state index contributed by atoms with van der Waals surface area (Å²) in [5, 5.41) is 19.8. The summed E-state index contributed by atoms with van der Waals surface area (Å²) in [7, 11) is 0. The molecule has 34 heavy (non-hydrogen) atoms. The molecular weight excluding hydrogens is 432 g/mol. The quantitative estimate of drug-likeness (QED) is 0.389. The van der Waals surface area contributed by atoms with Crippen molar-refractivity contribution in [3.8, 4) is 22.5 Å². The number of carboxylic acid groups (broad SMARTS) is 1. The fourth-order valence-corrected chi connectivity index (χ4v) is 4.36. The number of aromatic amines is 1. The number of ether oxygens (including phenoxy) is 1. The number of aliphatic carboxylic acids is 1. The number of benzene rings is 3. The Bertz CT molecular complexity index is 1270. The maximum atomic E-state index is 12.5. The number of aromatic nitrogens is 3. The van der Waals surface area contributed by atoms with E-state index in [0.717, 1.165) is 33.4 Å². The summed E-state index contributed by atoms with van der Waals surface area (Å²) in [5.74, 6) is -0.601. The van der Waals surface area contributed by atoms with Crippen LogP contribution >= 0.6 is 0 Å². The van der Waals surface area contributed by atoms with Crippen LogP contribution in [-0.4, -0.2) is 45.0 Å². The fourth-order valence-electron chi connectivity index (χ4n) is 4.36. The van der Waals surface area contributed by atoms with Gasteiger partial charge in [-0.2, -0.15) is 0 Å². The van der Waals surface area contributed by atoms with Crippen molar-refractivity contribution in [1.82, 2.24) is 20.5 Å². The Morgan fingerprint density at radius 1 is 0.971 bits per heavy atom. The molecule has 0 aliphatic heterocycles. The first kappa shape index (κ1) is 21.4. The van der Waals surface area contributed by atoms with Gasteiger partial charge in [-0.1, -0.05) is 72.8 Å². The van der Waals surface area contributed by atoms with E-state index in [1.165, 1.54) is 6.33 Å². The van der Waals surface area contributed by atoms with E-state index in [2.05, 4.69) is 32.6 Å². The monoisotopic (exact) mass is 454 g/mol. The lowest BCUT2D eigenvalue weighted by atomic mass is 9.98. The van der Waals surface area contributed by atoms with E-state index >= 15 is 0 Å². The van der Waals surface area contributed by atoms with Crippen LogP contribution in [0, 0.1) is 0 Å². The van der Waals surface area contributed by atoms with Gasteiger partial charge < -0.3 is 20.1 Å². The Morgan fingerprint density at radius 2 is 1.62 bits per heavy atom. The highest BCUT2D eigenvalue weighted by atomic mass is 16.5. The van der Waals surface area contributed by atoms with Gasteiger partial charge in [0.05, 0.1) is 0 Å². The summed E-state index contributed by atoms with van der Waals surface area (Å²) in [6.45, 7) is 0.123. The molecule has 8 nitrogen and oxygen atoms in total. The number of H-pyrrole nitrogens is 1. The highest BCUT2D eigenvalue weighted by Gasteiger charge is 2.29. The van der Waals surface area contributed by atoms with E-state index in [1.807, 2.05) is 48.5 Å². The summed E-state index contributed by atoms with van der Waals surface area (Å²) in [6, 6.07) is 22.2. The first-order valence-corrected chi connectivity index (χ1v) is 10.9. The zero-order valence-corrected chi connectivity index (χ0v) is 18.1. The Labute approximate surface area is 195 Å². The van der Waals surface area contributed by atoms with Crippen molar-refractivity contribution in [3.63, 3.8) is 0 Å². The molecule has 0 spiro atoms. The predicted molar refractivity (Wildman–Crippen MR) is 125 cm³/mol. The number of nitrogens with one attached hydrogen (secondary N) is 2. The van der Waals surface area contributed by atoms with Gasteiger partial charge in [-0.25, -0.2) is 9.59 Å². The van der Waals surface area contributed by atoms with E-state index in [4.69, 9.17) is 4.74 Å². The standard InChI is InChI=1S/C26H22N4O4/c31-25(32)23(13-16-9-11-17(12-10-16)24-27-15-28-30-24)29-26(33)34-14-22-20-7-3-1-5-18(20)19-6-2-4-8-21(19)22/h1-12,15,22-23H,13-14H2,(H,29,33)(H,31,32)(H,27,28,30)/t23-/m0/s1. The van der Waals surface area contributed by atoms with Crippen LogP contribution in [0.1, 0.15) is 22.6 Å². The van der Waals surface area contributed by atoms with Crippen LogP contribution in [0.25, 0.3) is 22.5 Å². The number of amides is 1. The molecule has 1 aliphatic rings. The zero-order chi connectivity index (χ0) is 23.5. The van der Waals surface area contributed by atoms with E-state index in [-0.39, 0.29) is 18.9 Å². The molecule has 4 aromatic rings. The smallest absolute Gasteiger partial charge is 0.407 e. The van der Waals surface area contributed by atoms with Crippen LogP contribution in [0.5, 0.6) is 0 Å². The van der Waals surface area contributed by atoms with E-state index in [1.54, 1.807) is 12.1 Å². The molecule has 1 aliphatic carbocycles. The van der Waals surface area contributed by atoms with E-state index in [9.17, 15) is 14.7 Å². The number of carbonyl (C=O) groups is 2. The number of carbonyl (C=O) groups excluding carboxylic acids is 1. The highest BCUT2D eigenvalue weighted by molar-refractivity contribution is 5.81. The fraction of sp³-hybridized carbons (Fsp3) is 0.154. The Balaban J connectivity index is 1.23. The van der Waals surface area contributed by atoms with Crippen molar-refractivity contribution in [2.75, 3.05) is 6.61 Å². The first-order valence-electron chi connectivity index (χ1n) is 10.9. The van der Waals surface area contributed by atoms with Crippen molar-refractivity contribution in [1.29, 1.82) is 0 Å². The summed E-state index contributed by atoms with van der Waals surface area (Å²) in [4.78, 5) is 27.2. The summed E-state index contributed by atoms with van der Waals surface area (Å²) < 4.78 is 5.49. The third kappa shape index (κ3) is 4.25. The second-order valence-corrected chi connectivity index (χ2v) is 8.10. The third-order valence-electron chi connectivity index (χ3n) is 6.02. The van der Waals surface area contributed by atoms with Gasteiger partial charge in [0.2, 0.25) is 0 Å². The lowest BCUT2D eigenvalue weighted by molar-refractivity contribution is -0.139. The normalized spacial score (nSPS) is 13.1. The van der Waals surface area contributed by atoms with Crippen LogP contribution in [-0.2, 0) is 16.0 Å². The van der Waals surface area contributed by atoms with Crippen molar-refractivity contribution < 1.29 is 19.4 Å². The Morgan fingerprint density at radius 3 is 2.21 bits per heavy atom. The molecule has 170 valence electrons. The van der Waals surface area contributed by atoms with Crippen LogP contribution in [0.2, 0.25) is 0 Å². The molecule has 3 aromatic carbocycles. The van der Waals surface area contributed by atoms with Crippen LogP contribution < -0.4 is 5.32 Å². The SMILES string of the molecule is O=C(N[C@@H](Cc1ccc(-c2nnc[nH]2)cc1)C(=O)O)OCC1c2ccccc2-c2ccccc21. The molecule has 3 N–H and O–H groups in total. The molecule has 5 rings (SSSR count). The number of rotatable bonds is 7. The molecule has 0 unspecified atom stereocenters. The lowest BCUT2D eigenvalue weighted by Crippen LogP contribution is -2.42. The van der Waals surface area contributed by atoms with Crippen molar-refractivity contribution >= 4 is 12.1 Å². The van der Waals surface area contributed by atoms with Gasteiger partial charge in [-0.05, 0) is 27.8 Å². The van der Waals surface area contributed by atoms with Gasteiger partial charge in [0.25, 0.3) is 0 Å². The molecule has 1 atom stereocenters. The van der Waals surface area contributed by atoms with Gasteiger partial charge in [0, 0.05) is 17.9 Å². The van der Waals surface area contributed by atoms with Crippen LogP contribution in [0.4, 0.5) is 4.79 Å². The second-order valence-electron chi connectivity index (χ2n) is 8.10. The average molecular weight is 454 g/mol. The molecule has 1 amide bonds.